The Labute approximate surface area is 175 Å². The molecule has 1 amide bonds. The maximum absolute atomic E-state index is 13.2. The number of rotatable bonds is 3. The van der Waals surface area contributed by atoms with E-state index in [9.17, 15) is 9.59 Å². The first-order chi connectivity index (χ1) is 14.5. The molecule has 7 nitrogen and oxygen atoms in total. The number of carbonyl (C=O) groups is 2. The third-order valence-electron chi connectivity index (χ3n) is 5.27. The van der Waals surface area contributed by atoms with Crippen molar-refractivity contribution in [2.75, 3.05) is 39.8 Å². The molecule has 0 N–H and O–H groups in total. The molecular formula is C23H24N4O3. The first-order valence-corrected chi connectivity index (χ1v) is 9.99. The van der Waals surface area contributed by atoms with Crippen molar-refractivity contribution in [1.29, 1.82) is 0 Å². The molecule has 154 valence electrons. The van der Waals surface area contributed by atoms with E-state index in [1.165, 1.54) is 6.92 Å². The summed E-state index contributed by atoms with van der Waals surface area (Å²) in [6, 6.07) is 14.4. The van der Waals surface area contributed by atoms with Crippen LogP contribution in [0.5, 0.6) is 5.75 Å². The molecule has 1 saturated heterocycles. The van der Waals surface area contributed by atoms with Crippen LogP contribution >= 0.6 is 0 Å². The lowest BCUT2D eigenvalue weighted by Gasteiger charge is -2.32. The van der Waals surface area contributed by atoms with Gasteiger partial charge in [0.2, 0.25) is 5.90 Å². The molecule has 1 fully saturated rings. The number of carbonyl (C=O) groups excluding carboxylic acids is 2. The van der Waals surface area contributed by atoms with Crippen LogP contribution in [0.15, 0.2) is 58.5 Å². The fourth-order valence-corrected chi connectivity index (χ4v) is 3.46. The topological polar surface area (TPSA) is 74.6 Å². The van der Waals surface area contributed by atoms with Gasteiger partial charge >= 0.3 is 0 Å². The van der Waals surface area contributed by atoms with Crippen molar-refractivity contribution >= 4 is 29.0 Å². The van der Waals surface area contributed by atoms with Gasteiger partial charge in [0.1, 0.15) is 18.0 Å². The van der Waals surface area contributed by atoms with Crippen molar-refractivity contribution in [3.05, 3.63) is 59.7 Å². The Balaban J connectivity index is 1.58. The number of likely N-dealkylation sites (N-methyl/N-ethyl adjacent to an activating group) is 1. The van der Waals surface area contributed by atoms with E-state index >= 15 is 0 Å². The second kappa shape index (κ2) is 8.59. The van der Waals surface area contributed by atoms with Gasteiger partial charge in [-0.2, -0.15) is 0 Å². The Hall–Kier alpha value is -3.32. The number of benzene rings is 2. The number of hydrogen-bond acceptors (Lipinski definition) is 6. The molecule has 2 aliphatic heterocycles. The SMILES string of the molecule is CC(=O)c1ccc(OC2=Nc3ccccc3C(C(=O)N3CCN(C)CC3)=NC2)cc1. The summed E-state index contributed by atoms with van der Waals surface area (Å²) in [5, 5.41) is 0. The van der Waals surface area contributed by atoms with E-state index in [0.29, 0.717) is 47.3 Å². The number of fused-ring (bicyclic) bond motifs is 1. The van der Waals surface area contributed by atoms with Crippen molar-refractivity contribution in [2.45, 2.75) is 6.92 Å². The Morgan fingerprint density at radius 2 is 1.67 bits per heavy atom. The lowest BCUT2D eigenvalue weighted by atomic mass is 10.1. The molecule has 0 saturated carbocycles. The van der Waals surface area contributed by atoms with E-state index in [1.807, 2.05) is 29.2 Å². The van der Waals surface area contributed by atoms with Crippen molar-refractivity contribution < 1.29 is 14.3 Å². The number of aliphatic imine (C=N–C) groups is 2. The highest BCUT2D eigenvalue weighted by Gasteiger charge is 2.27. The van der Waals surface area contributed by atoms with E-state index in [1.54, 1.807) is 24.3 Å². The van der Waals surface area contributed by atoms with Crippen LogP contribution in [0.3, 0.4) is 0 Å². The molecule has 0 unspecified atom stereocenters. The summed E-state index contributed by atoms with van der Waals surface area (Å²) < 4.78 is 5.91. The Bertz CT molecular complexity index is 1020. The number of nitrogens with zero attached hydrogens (tertiary/aromatic N) is 4. The summed E-state index contributed by atoms with van der Waals surface area (Å²) in [6.07, 6.45) is 0. The van der Waals surface area contributed by atoms with Crippen LogP contribution < -0.4 is 4.74 Å². The van der Waals surface area contributed by atoms with Crippen molar-refractivity contribution in [3.8, 4) is 5.75 Å². The molecule has 0 aliphatic carbocycles. The van der Waals surface area contributed by atoms with Crippen LogP contribution in [0, 0.1) is 0 Å². The smallest absolute Gasteiger partial charge is 0.272 e. The van der Waals surface area contributed by atoms with Gasteiger partial charge in [0, 0.05) is 37.3 Å². The molecular weight excluding hydrogens is 380 g/mol. The van der Waals surface area contributed by atoms with Gasteiger partial charge in [-0.15, -0.1) is 0 Å². The minimum absolute atomic E-state index is 0.000977. The first kappa shape index (κ1) is 20.0. The lowest BCUT2D eigenvalue weighted by molar-refractivity contribution is -0.125. The molecule has 2 aromatic carbocycles. The quantitative estimate of drug-likeness (QED) is 0.737. The molecule has 2 heterocycles. The number of amides is 1. The van der Waals surface area contributed by atoms with Crippen LogP contribution in [0.1, 0.15) is 22.8 Å². The van der Waals surface area contributed by atoms with Gasteiger partial charge < -0.3 is 14.5 Å². The van der Waals surface area contributed by atoms with E-state index in [4.69, 9.17) is 4.74 Å². The van der Waals surface area contributed by atoms with Gasteiger partial charge in [-0.05, 0) is 44.3 Å². The number of hydrogen-bond donors (Lipinski definition) is 0. The summed E-state index contributed by atoms with van der Waals surface area (Å²) in [5.41, 5.74) is 2.41. The second-order valence-electron chi connectivity index (χ2n) is 7.47. The fraction of sp³-hybridized carbons (Fsp3) is 0.304. The van der Waals surface area contributed by atoms with Crippen molar-refractivity contribution in [1.82, 2.24) is 9.80 Å². The zero-order chi connectivity index (χ0) is 21.1. The van der Waals surface area contributed by atoms with Crippen LogP contribution in [0.4, 0.5) is 5.69 Å². The van der Waals surface area contributed by atoms with Crippen LogP contribution in [-0.2, 0) is 4.79 Å². The van der Waals surface area contributed by atoms with E-state index in [-0.39, 0.29) is 18.2 Å². The average Bonchev–Trinajstić information content (AvgIpc) is 2.93. The highest BCUT2D eigenvalue weighted by molar-refractivity contribution is 6.46. The van der Waals surface area contributed by atoms with Gasteiger partial charge in [0.05, 0.1) is 5.69 Å². The number of piperazine rings is 1. The number of para-hydroxylation sites is 1. The van der Waals surface area contributed by atoms with Gasteiger partial charge in [-0.1, -0.05) is 18.2 Å². The molecule has 2 aliphatic rings. The molecule has 4 rings (SSSR count). The zero-order valence-corrected chi connectivity index (χ0v) is 17.2. The fourth-order valence-electron chi connectivity index (χ4n) is 3.46. The average molecular weight is 404 g/mol. The first-order valence-electron chi connectivity index (χ1n) is 9.99. The van der Waals surface area contributed by atoms with Crippen molar-refractivity contribution in [3.63, 3.8) is 0 Å². The number of Topliss-reactive ketones (excluding diaryl/α,β-unsaturated/α-hetero) is 1. The third kappa shape index (κ3) is 4.31. The Morgan fingerprint density at radius 1 is 0.967 bits per heavy atom. The molecule has 30 heavy (non-hydrogen) atoms. The molecule has 7 heteroatoms. The molecule has 0 spiro atoms. The number of ketones is 1. The molecule has 0 atom stereocenters. The lowest BCUT2D eigenvalue weighted by Crippen LogP contribution is -2.49. The monoisotopic (exact) mass is 404 g/mol. The summed E-state index contributed by atoms with van der Waals surface area (Å²) in [5.74, 6) is 0.899. The third-order valence-corrected chi connectivity index (χ3v) is 5.27. The maximum Gasteiger partial charge on any atom is 0.272 e. The number of ether oxygens (including phenoxy) is 1. The molecule has 2 aromatic rings. The van der Waals surface area contributed by atoms with Crippen LogP contribution in [0.2, 0.25) is 0 Å². The Kier molecular flexibility index (Phi) is 5.72. The predicted octanol–water partition coefficient (Wildman–Crippen LogP) is 2.57. The van der Waals surface area contributed by atoms with Crippen molar-refractivity contribution in [2.24, 2.45) is 9.98 Å². The molecule has 0 bridgehead atoms. The standard InChI is InChI=1S/C23H24N4O3/c1-16(28)17-7-9-18(10-8-17)30-21-15-24-22(19-5-3-4-6-20(19)25-21)23(29)27-13-11-26(2)12-14-27/h3-10H,11-15H2,1-2H3. The van der Waals surface area contributed by atoms with Gasteiger partial charge in [-0.25, -0.2) is 4.99 Å². The summed E-state index contributed by atoms with van der Waals surface area (Å²) in [6.45, 7) is 4.75. The predicted molar refractivity (Wildman–Crippen MR) is 116 cm³/mol. The summed E-state index contributed by atoms with van der Waals surface area (Å²) in [7, 11) is 2.06. The van der Waals surface area contributed by atoms with E-state index in [0.717, 1.165) is 13.1 Å². The highest BCUT2D eigenvalue weighted by Crippen LogP contribution is 2.24. The highest BCUT2D eigenvalue weighted by atomic mass is 16.5. The minimum Gasteiger partial charge on any atom is -0.441 e. The van der Waals surface area contributed by atoms with Gasteiger partial charge in [0.15, 0.2) is 5.78 Å². The summed E-state index contributed by atoms with van der Waals surface area (Å²) in [4.78, 5) is 37.9. The molecule has 0 aromatic heterocycles. The largest absolute Gasteiger partial charge is 0.441 e. The van der Waals surface area contributed by atoms with Gasteiger partial charge in [0.25, 0.3) is 5.91 Å². The van der Waals surface area contributed by atoms with Crippen LogP contribution in [-0.4, -0.2) is 72.9 Å². The summed E-state index contributed by atoms with van der Waals surface area (Å²) >= 11 is 0. The molecule has 0 radical (unpaired) electrons. The normalized spacial score (nSPS) is 16.8. The van der Waals surface area contributed by atoms with Gasteiger partial charge in [-0.3, -0.25) is 14.6 Å². The minimum atomic E-state index is -0.0715. The van der Waals surface area contributed by atoms with E-state index < -0.39 is 0 Å². The Morgan fingerprint density at radius 3 is 2.37 bits per heavy atom. The maximum atomic E-state index is 13.2. The zero-order valence-electron chi connectivity index (χ0n) is 17.2. The second-order valence-corrected chi connectivity index (χ2v) is 7.47. The van der Waals surface area contributed by atoms with Crippen LogP contribution in [0.25, 0.3) is 0 Å². The van der Waals surface area contributed by atoms with E-state index in [2.05, 4.69) is 21.9 Å².